The Bertz CT molecular complexity index is 1020. The van der Waals surface area contributed by atoms with Gasteiger partial charge in [0.2, 0.25) is 0 Å². The van der Waals surface area contributed by atoms with Gasteiger partial charge in [0.05, 0.1) is 12.2 Å². The largest absolute Gasteiger partial charge is 0.478 e. The van der Waals surface area contributed by atoms with Crippen LogP contribution in [0.4, 0.5) is 0 Å². The van der Waals surface area contributed by atoms with Gasteiger partial charge in [-0.05, 0) is 111 Å². The first-order valence-corrected chi connectivity index (χ1v) is 14.3. The lowest BCUT2D eigenvalue weighted by molar-refractivity contribution is -0.230. The maximum Gasteiger partial charge on any atom is 0.331 e. The molecule has 0 spiro atoms. The third-order valence-corrected chi connectivity index (χ3v) is 11.3. The molecule has 10 atom stereocenters. The third-order valence-electron chi connectivity index (χ3n) is 11.3. The van der Waals surface area contributed by atoms with E-state index in [0.717, 1.165) is 24.8 Å². The first kappa shape index (κ1) is 29.2. The van der Waals surface area contributed by atoms with Crippen molar-refractivity contribution in [2.45, 2.75) is 110 Å². The second-order valence-electron chi connectivity index (χ2n) is 13.3. The molecule has 0 aromatic rings. The van der Waals surface area contributed by atoms with E-state index in [0.29, 0.717) is 49.8 Å². The number of hydrogen-bond donors (Lipinski definition) is 5. The number of hydrogen-bond acceptors (Lipinski definition) is 7. The molecule has 0 bridgehead atoms. The second-order valence-corrected chi connectivity index (χ2v) is 13.3. The molecule has 4 aliphatic carbocycles. The monoisotopic (exact) mass is 532 g/mol. The van der Waals surface area contributed by atoms with Gasteiger partial charge in [0.1, 0.15) is 6.10 Å². The standard InChI is InChI=1S/C30H48N2O6/c1-16(2)7-6-8-18(27(36)37)24-20-13-22(35)26-28(4)11-10-21(34)25(32)19(28)9-12-30(26,15-31)29(20,5)14-23(24)38-17(3)33/h7,19-23,25-26,34-35H,6,8-15,31-32H2,1-5H3,(H,36,37)/b24-18-/t19-,20-,21+,22+,23-,25-,26-,28-,29-,30+/m0/s1. The van der Waals surface area contributed by atoms with E-state index in [1.807, 2.05) is 19.9 Å². The number of allylic oxidation sites excluding steroid dienone is 2. The Balaban J connectivity index is 1.86. The van der Waals surface area contributed by atoms with Gasteiger partial charge >= 0.3 is 11.9 Å². The smallest absolute Gasteiger partial charge is 0.331 e. The summed E-state index contributed by atoms with van der Waals surface area (Å²) in [5.41, 5.74) is 14.1. The van der Waals surface area contributed by atoms with Crippen LogP contribution < -0.4 is 11.5 Å². The van der Waals surface area contributed by atoms with Crippen LogP contribution in [0.15, 0.2) is 22.8 Å². The second kappa shape index (κ2) is 10.3. The Morgan fingerprint density at radius 3 is 2.37 bits per heavy atom. The molecule has 0 aromatic heterocycles. The minimum absolute atomic E-state index is 0.0741. The third kappa shape index (κ3) is 4.36. The fourth-order valence-corrected chi connectivity index (χ4v) is 9.67. The number of carboxylic acid groups (broad SMARTS) is 1. The van der Waals surface area contributed by atoms with E-state index in [4.69, 9.17) is 16.2 Å². The van der Waals surface area contributed by atoms with Crippen LogP contribution in [0.5, 0.6) is 0 Å². The van der Waals surface area contributed by atoms with Gasteiger partial charge < -0.3 is 31.5 Å². The molecule has 0 amide bonds. The number of rotatable bonds is 6. The van der Waals surface area contributed by atoms with Crippen molar-refractivity contribution >= 4 is 11.9 Å². The van der Waals surface area contributed by atoms with Gasteiger partial charge in [-0.1, -0.05) is 25.5 Å². The quantitative estimate of drug-likeness (QED) is 0.198. The van der Waals surface area contributed by atoms with Crippen LogP contribution in [0.25, 0.3) is 0 Å². The molecule has 8 nitrogen and oxygen atoms in total. The highest BCUT2D eigenvalue weighted by Gasteiger charge is 2.72. The van der Waals surface area contributed by atoms with Gasteiger partial charge in [-0.3, -0.25) is 4.79 Å². The normalized spacial score (nSPS) is 45.3. The summed E-state index contributed by atoms with van der Waals surface area (Å²) < 4.78 is 5.86. The highest BCUT2D eigenvalue weighted by molar-refractivity contribution is 5.88. The van der Waals surface area contributed by atoms with E-state index in [1.165, 1.54) is 6.92 Å². The van der Waals surface area contributed by atoms with E-state index in [2.05, 4.69) is 13.8 Å². The van der Waals surface area contributed by atoms with E-state index in [9.17, 15) is 24.9 Å². The van der Waals surface area contributed by atoms with E-state index in [1.54, 1.807) is 0 Å². The lowest BCUT2D eigenvalue weighted by atomic mass is 9.36. The number of aliphatic hydroxyl groups is 2. The molecule has 0 unspecified atom stereocenters. The summed E-state index contributed by atoms with van der Waals surface area (Å²) in [6.45, 7) is 10.1. The number of carbonyl (C=O) groups excluding carboxylic acids is 1. The van der Waals surface area contributed by atoms with Crippen LogP contribution >= 0.6 is 0 Å². The fraction of sp³-hybridized carbons (Fsp3) is 0.800. The molecule has 8 heteroatoms. The molecule has 4 saturated carbocycles. The average molecular weight is 533 g/mol. The van der Waals surface area contributed by atoms with Crippen molar-refractivity contribution in [3.05, 3.63) is 22.8 Å². The van der Waals surface area contributed by atoms with Crippen LogP contribution in [0.1, 0.15) is 86.0 Å². The molecule has 4 aliphatic rings. The van der Waals surface area contributed by atoms with Crippen LogP contribution in [0.3, 0.4) is 0 Å². The minimum atomic E-state index is -0.995. The average Bonchev–Trinajstić information content (AvgIpc) is 3.09. The molecule has 38 heavy (non-hydrogen) atoms. The van der Waals surface area contributed by atoms with Crippen molar-refractivity contribution in [3.63, 3.8) is 0 Å². The number of aliphatic carboxylic acids is 1. The number of carboxylic acids is 1. The maximum absolute atomic E-state index is 12.6. The van der Waals surface area contributed by atoms with Gasteiger partial charge in [0, 0.05) is 18.5 Å². The molecule has 0 aromatic carbocycles. The summed E-state index contributed by atoms with van der Waals surface area (Å²) in [6, 6.07) is -0.344. The predicted molar refractivity (Wildman–Crippen MR) is 145 cm³/mol. The number of aliphatic hydroxyl groups excluding tert-OH is 2. The lowest BCUT2D eigenvalue weighted by Crippen LogP contribution is -2.70. The minimum Gasteiger partial charge on any atom is -0.478 e. The zero-order valence-corrected chi connectivity index (χ0v) is 23.7. The highest BCUT2D eigenvalue weighted by atomic mass is 16.5. The van der Waals surface area contributed by atoms with Crippen molar-refractivity contribution in [1.82, 2.24) is 0 Å². The number of ether oxygens (including phenoxy) is 1. The lowest BCUT2D eigenvalue weighted by Gasteiger charge is -2.69. The molecule has 4 rings (SSSR count). The van der Waals surface area contributed by atoms with Crippen molar-refractivity contribution in [2.75, 3.05) is 6.54 Å². The molecule has 0 radical (unpaired) electrons. The molecular weight excluding hydrogens is 484 g/mol. The summed E-state index contributed by atoms with van der Waals surface area (Å²) in [5, 5.41) is 32.8. The number of esters is 1. The molecule has 7 N–H and O–H groups in total. The summed E-state index contributed by atoms with van der Waals surface area (Å²) in [7, 11) is 0. The summed E-state index contributed by atoms with van der Waals surface area (Å²) in [4.78, 5) is 24.9. The Morgan fingerprint density at radius 1 is 1.11 bits per heavy atom. The van der Waals surface area contributed by atoms with E-state index in [-0.39, 0.29) is 29.2 Å². The van der Waals surface area contributed by atoms with Crippen LogP contribution in [0.2, 0.25) is 0 Å². The number of fused-ring (bicyclic) bond motifs is 5. The summed E-state index contributed by atoms with van der Waals surface area (Å²) in [6.07, 6.45) is 4.80. The molecule has 0 aliphatic heterocycles. The van der Waals surface area contributed by atoms with Crippen molar-refractivity contribution in [3.8, 4) is 0 Å². The van der Waals surface area contributed by atoms with Crippen LogP contribution in [0, 0.1) is 34.0 Å². The van der Waals surface area contributed by atoms with E-state index >= 15 is 0 Å². The highest BCUT2D eigenvalue weighted by Crippen LogP contribution is 2.73. The molecule has 0 heterocycles. The first-order chi connectivity index (χ1) is 17.7. The maximum atomic E-state index is 12.6. The zero-order valence-electron chi connectivity index (χ0n) is 23.7. The topological polar surface area (TPSA) is 156 Å². The van der Waals surface area contributed by atoms with Gasteiger partial charge in [0.25, 0.3) is 0 Å². The molecule has 4 fully saturated rings. The Kier molecular flexibility index (Phi) is 7.96. The molecular formula is C30H48N2O6. The number of nitrogens with two attached hydrogens (primary N) is 2. The Morgan fingerprint density at radius 2 is 1.79 bits per heavy atom. The van der Waals surface area contributed by atoms with Gasteiger partial charge in [-0.25, -0.2) is 4.79 Å². The van der Waals surface area contributed by atoms with Crippen LogP contribution in [-0.2, 0) is 14.3 Å². The fourth-order valence-electron chi connectivity index (χ4n) is 9.67. The molecule has 0 saturated heterocycles. The summed E-state index contributed by atoms with van der Waals surface area (Å²) in [5.74, 6) is -1.77. The van der Waals surface area contributed by atoms with Crippen molar-refractivity contribution in [2.24, 2.45) is 45.5 Å². The van der Waals surface area contributed by atoms with Gasteiger partial charge in [-0.15, -0.1) is 0 Å². The SMILES string of the molecule is CC(=O)O[C@H]1C[C@@]2(C)[C@@H](C[C@@H](O)[C@H]3[C@@]4(C)CC[C@@H](O)[C@@H](N)[C@@H]4CC[C@@]32CN)/C1=C(\CCC=C(C)C)C(=O)O. The van der Waals surface area contributed by atoms with E-state index < -0.39 is 41.1 Å². The predicted octanol–water partition coefficient (Wildman–Crippen LogP) is 3.30. The van der Waals surface area contributed by atoms with Crippen molar-refractivity contribution in [1.29, 1.82) is 0 Å². The van der Waals surface area contributed by atoms with Crippen LogP contribution in [-0.4, -0.2) is 58.2 Å². The summed E-state index contributed by atoms with van der Waals surface area (Å²) >= 11 is 0. The zero-order chi connectivity index (χ0) is 28.2. The van der Waals surface area contributed by atoms with Gasteiger partial charge in [-0.2, -0.15) is 0 Å². The van der Waals surface area contributed by atoms with Gasteiger partial charge in [0.15, 0.2) is 0 Å². The number of carbonyl (C=O) groups is 2. The van der Waals surface area contributed by atoms with Crippen molar-refractivity contribution < 1.29 is 29.6 Å². The Labute approximate surface area is 226 Å². The molecule has 214 valence electrons. The first-order valence-electron chi connectivity index (χ1n) is 14.3. The Hall–Kier alpha value is -1.74.